The van der Waals surface area contributed by atoms with Gasteiger partial charge in [-0.05, 0) is 24.6 Å². The van der Waals surface area contributed by atoms with Crippen LogP contribution in [0.2, 0.25) is 0 Å². The minimum Gasteiger partial charge on any atom is -0.378 e. The molecule has 0 aliphatic carbocycles. The zero-order valence-electron chi connectivity index (χ0n) is 18.3. The topological polar surface area (TPSA) is 78.9 Å². The lowest BCUT2D eigenvalue weighted by molar-refractivity contribution is -0.137. The van der Waals surface area contributed by atoms with Crippen molar-refractivity contribution in [1.29, 1.82) is 0 Å². The van der Waals surface area contributed by atoms with Crippen molar-refractivity contribution in [2.24, 2.45) is 0 Å². The maximum atomic E-state index is 12.8. The van der Waals surface area contributed by atoms with Gasteiger partial charge < -0.3 is 14.5 Å². The summed E-state index contributed by atoms with van der Waals surface area (Å²) in [7, 11) is -3.65. The molecule has 0 radical (unpaired) electrons. The van der Waals surface area contributed by atoms with Crippen molar-refractivity contribution in [2.75, 3.05) is 62.3 Å². The number of rotatable bonds is 5. The number of piperazine rings is 1. The van der Waals surface area contributed by atoms with E-state index < -0.39 is 21.8 Å². The summed E-state index contributed by atoms with van der Waals surface area (Å²) < 4.78 is 70.6. The van der Waals surface area contributed by atoms with E-state index in [2.05, 4.69) is 14.9 Å². The molecule has 0 spiro atoms. The fourth-order valence-corrected chi connectivity index (χ4v) is 5.41. The maximum Gasteiger partial charge on any atom is 0.416 e. The van der Waals surface area contributed by atoms with Crippen LogP contribution in [0.5, 0.6) is 0 Å². The molecule has 8 nitrogen and oxygen atoms in total. The molecule has 1 aromatic heterocycles. The van der Waals surface area contributed by atoms with Crippen LogP contribution >= 0.6 is 0 Å². The first kappa shape index (κ1) is 23.7. The first-order chi connectivity index (χ1) is 15.6. The lowest BCUT2D eigenvalue weighted by atomic mass is 10.1. The molecule has 2 aliphatic rings. The lowest BCUT2D eigenvalue weighted by Gasteiger charge is -2.35. The molecule has 2 aliphatic heterocycles. The second-order valence-electron chi connectivity index (χ2n) is 8.10. The quantitative estimate of drug-likeness (QED) is 0.643. The van der Waals surface area contributed by atoms with Crippen LogP contribution in [0.1, 0.15) is 16.8 Å². The number of aromatic nitrogens is 2. The number of benzene rings is 1. The van der Waals surface area contributed by atoms with Gasteiger partial charge in [0.15, 0.2) is 0 Å². The zero-order chi connectivity index (χ0) is 23.6. The summed E-state index contributed by atoms with van der Waals surface area (Å²) in [5, 5.41) is 0. The third-order valence-corrected chi connectivity index (χ3v) is 7.56. The van der Waals surface area contributed by atoms with Crippen molar-refractivity contribution in [3.63, 3.8) is 0 Å². The van der Waals surface area contributed by atoms with Gasteiger partial charge in [-0.1, -0.05) is 12.1 Å². The average molecular weight is 486 g/mol. The van der Waals surface area contributed by atoms with Crippen LogP contribution in [0, 0.1) is 6.92 Å². The van der Waals surface area contributed by atoms with E-state index in [1.165, 1.54) is 16.4 Å². The van der Waals surface area contributed by atoms with E-state index in [9.17, 15) is 21.6 Å². The van der Waals surface area contributed by atoms with Gasteiger partial charge in [-0.3, -0.25) is 0 Å². The molecule has 0 N–H and O–H groups in total. The molecule has 2 fully saturated rings. The number of hydrogen-bond acceptors (Lipinski definition) is 7. The van der Waals surface area contributed by atoms with E-state index in [0.717, 1.165) is 36.7 Å². The Morgan fingerprint density at radius 2 is 1.58 bits per heavy atom. The highest BCUT2D eigenvalue weighted by molar-refractivity contribution is 7.88. The van der Waals surface area contributed by atoms with E-state index in [4.69, 9.17) is 4.74 Å². The van der Waals surface area contributed by atoms with Gasteiger partial charge in [0.1, 0.15) is 5.82 Å². The van der Waals surface area contributed by atoms with Crippen LogP contribution in [-0.4, -0.2) is 75.2 Å². The molecule has 0 bridgehead atoms. The SMILES string of the molecule is Cc1cc(N2CCN(S(=O)(=O)Cc3ccc(C(F)(F)F)cc3)CC2)nc(N2CCOCC2)n1. The largest absolute Gasteiger partial charge is 0.416 e. The Hall–Kier alpha value is -2.44. The lowest BCUT2D eigenvalue weighted by Crippen LogP contribution is -2.49. The van der Waals surface area contributed by atoms with Gasteiger partial charge in [-0.2, -0.15) is 22.5 Å². The number of anilines is 2. The van der Waals surface area contributed by atoms with E-state index in [1.807, 2.05) is 17.9 Å². The third kappa shape index (κ3) is 5.74. The van der Waals surface area contributed by atoms with Crippen LogP contribution in [0.3, 0.4) is 0 Å². The van der Waals surface area contributed by atoms with Crippen molar-refractivity contribution in [2.45, 2.75) is 18.9 Å². The van der Waals surface area contributed by atoms with Gasteiger partial charge in [0.2, 0.25) is 16.0 Å². The van der Waals surface area contributed by atoms with Crippen LogP contribution in [0.15, 0.2) is 30.3 Å². The maximum absolute atomic E-state index is 12.8. The number of alkyl halides is 3. The smallest absolute Gasteiger partial charge is 0.378 e. The van der Waals surface area contributed by atoms with Gasteiger partial charge in [-0.25, -0.2) is 13.4 Å². The van der Waals surface area contributed by atoms with Crippen molar-refractivity contribution in [1.82, 2.24) is 14.3 Å². The van der Waals surface area contributed by atoms with Gasteiger partial charge >= 0.3 is 6.18 Å². The number of nitrogens with zero attached hydrogens (tertiary/aromatic N) is 5. The summed E-state index contributed by atoms with van der Waals surface area (Å²) in [6.45, 7) is 6.08. The molecule has 2 saturated heterocycles. The van der Waals surface area contributed by atoms with Crippen molar-refractivity contribution in [3.8, 4) is 0 Å². The van der Waals surface area contributed by atoms with E-state index >= 15 is 0 Å². The molecule has 12 heteroatoms. The van der Waals surface area contributed by atoms with E-state index in [0.29, 0.717) is 37.8 Å². The number of halogens is 3. The summed E-state index contributed by atoms with van der Waals surface area (Å²) in [5.74, 6) is 1.06. The predicted octanol–water partition coefficient (Wildman–Crippen LogP) is 2.29. The molecule has 3 heterocycles. The Bertz CT molecular complexity index is 1070. The van der Waals surface area contributed by atoms with Crippen molar-refractivity contribution in [3.05, 3.63) is 47.2 Å². The molecular weight excluding hydrogens is 459 g/mol. The number of sulfonamides is 1. The van der Waals surface area contributed by atoms with Crippen molar-refractivity contribution >= 4 is 21.8 Å². The molecule has 1 aromatic carbocycles. The first-order valence-corrected chi connectivity index (χ1v) is 12.3. The van der Waals surface area contributed by atoms with Gasteiger partial charge in [0, 0.05) is 51.0 Å². The summed E-state index contributed by atoms with van der Waals surface area (Å²) in [5.41, 5.74) is 0.361. The normalized spacial score (nSPS) is 18.5. The standard InChI is InChI=1S/C21H26F3N5O3S/c1-16-14-19(26-20(25-16)28-10-12-32-13-11-28)27-6-8-29(9-7-27)33(30,31)15-17-2-4-18(5-3-17)21(22,23)24/h2-5,14H,6-13,15H2,1H3. The van der Waals surface area contributed by atoms with Gasteiger partial charge in [0.25, 0.3) is 0 Å². The Balaban J connectivity index is 1.39. The molecule has 2 aromatic rings. The van der Waals surface area contributed by atoms with Gasteiger partial charge in [-0.15, -0.1) is 0 Å². The predicted molar refractivity (Wildman–Crippen MR) is 118 cm³/mol. The fraction of sp³-hybridized carbons (Fsp3) is 0.524. The number of hydrogen-bond donors (Lipinski definition) is 0. The summed E-state index contributed by atoms with van der Waals surface area (Å²) in [4.78, 5) is 13.3. The number of morpholine rings is 1. The molecule has 0 atom stereocenters. The molecule has 0 saturated carbocycles. The summed E-state index contributed by atoms with van der Waals surface area (Å²) in [6, 6.07) is 6.13. The first-order valence-electron chi connectivity index (χ1n) is 10.7. The molecular formula is C21H26F3N5O3S. The highest BCUT2D eigenvalue weighted by atomic mass is 32.2. The number of aryl methyl sites for hydroxylation is 1. The van der Waals surface area contributed by atoms with E-state index in [1.54, 1.807) is 0 Å². The second-order valence-corrected chi connectivity index (χ2v) is 10.1. The fourth-order valence-electron chi connectivity index (χ4n) is 3.89. The molecule has 0 unspecified atom stereocenters. The molecule has 180 valence electrons. The highest BCUT2D eigenvalue weighted by Crippen LogP contribution is 2.29. The minimum atomic E-state index is -4.45. The Morgan fingerprint density at radius 3 is 2.18 bits per heavy atom. The van der Waals surface area contributed by atoms with Crippen LogP contribution in [-0.2, 0) is 26.7 Å². The molecule has 33 heavy (non-hydrogen) atoms. The minimum absolute atomic E-state index is 0.277. The highest BCUT2D eigenvalue weighted by Gasteiger charge is 2.31. The van der Waals surface area contributed by atoms with E-state index in [-0.39, 0.29) is 18.8 Å². The Morgan fingerprint density at radius 1 is 0.939 bits per heavy atom. The molecule has 0 amide bonds. The zero-order valence-corrected chi connectivity index (χ0v) is 19.1. The second kappa shape index (κ2) is 9.43. The average Bonchev–Trinajstić information content (AvgIpc) is 2.79. The van der Waals surface area contributed by atoms with Gasteiger partial charge in [0.05, 0.1) is 24.5 Å². The van der Waals surface area contributed by atoms with Crippen LogP contribution < -0.4 is 9.80 Å². The van der Waals surface area contributed by atoms with Crippen LogP contribution in [0.4, 0.5) is 24.9 Å². The summed E-state index contributed by atoms with van der Waals surface area (Å²) in [6.07, 6.45) is -4.45. The number of ether oxygens (including phenoxy) is 1. The van der Waals surface area contributed by atoms with Crippen molar-refractivity contribution < 1.29 is 26.3 Å². The van der Waals surface area contributed by atoms with Crippen LogP contribution in [0.25, 0.3) is 0 Å². The third-order valence-electron chi connectivity index (χ3n) is 5.71. The monoisotopic (exact) mass is 485 g/mol. The summed E-state index contributed by atoms with van der Waals surface area (Å²) >= 11 is 0. The Kier molecular flexibility index (Phi) is 6.78. The Labute approximate surface area is 191 Å². The molecule has 4 rings (SSSR count).